The highest BCUT2D eigenvalue weighted by Gasteiger charge is 2.25. The molecule has 0 amide bonds. The highest BCUT2D eigenvalue weighted by atomic mass is 16.7. The molecule has 1 N–H and O–H groups in total. The maximum Gasteiger partial charge on any atom is 0.361 e. The average Bonchev–Trinajstić information content (AvgIpc) is 3.23. The van der Waals surface area contributed by atoms with Crippen molar-refractivity contribution in [2.75, 3.05) is 47.5 Å². The number of hydrogen-bond acceptors (Lipinski definition) is 7. The first-order chi connectivity index (χ1) is 30.1. The summed E-state index contributed by atoms with van der Waals surface area (Å²) >= 11 is 0. The van der Waals surface area contributed by atoms with E-state index in [1.165, 1.54) is 109 Å². The molecule has 0 bridgehead atoms. The van der Waals surface area contributed by atoms with E-state index in [0.29, 0.717) is 23.9 Å². The van der Waals surface area contributed by atoms with E-state index >= 15 is 0 Å². The molecule has 2 unspecified atom stereocenters. The van der Waals surface area contributed by atoms with E-state index in [2.05, 4.69) is 62.5 Å². The molecule has 0 aromatic heterocycles. The van der Waals surface area contributed by atoms with E-state index in [0.717, 1.165) is 70.6 Å². The molecule has 0 heterocycles. The lowest BCUT2D eigenvalue weighted by molar-refractivity contribution is -0.870. The smallest absolute Gasteiger partial charge is 0.361 e. The van der Waals surface area contributed by atoms with Crippen molar-refractivity contribution in [3.05, 3.63) is 48.6 Å². The quantitative estimate of drug-likeness (QED) is 0.0212. The molecule has 360 valence electrons. The van der Waals surface area contributed by atoms with Crippen LogP contribution in [0.1, 0.15) is 213 Å². The summed E-state index contributed by atoms with van der Waals surface area (Å²) in [5.41, 5.74) is 0. The number of quaternary nitrogens is 1. The van der Waals surface area contributed by atoms with Gasteiger partial charge in [0, 0.05) is 12.8 Å². The number of allylic oxidation sites excluding steroid dienone is 8. The molecule has 9 nitrogen and oxygen atoms in total. The zero-order valence-corrected chi connectivity index (χ0v) is 40.8. The van der Waals surface area contributed by atoms with Crippen molar-refractivity contribution in [2.24, 2.45) is 0 Å². The summed E-state index contributed by atoms with van der Waals surface area (Å²) in [6.45, 7) is 4.77. The molecule has 0 aromatic carbocycles. The summed E-state index contributed by atoms with van der Waals surface area (Å²) in [7, 11) is 5.96. The van der Waals surface area contributed by atoms with Gasteiger partial charge in [-0.15, -0.1) is 0 Å². The number of unbranched alkanes of at least 4 members (excludes halogenated alkanes) is 23. The topological polar surface area (TPSA) is 108 Å². The molecule has 0 aliphatic carbocycles. The molecular weight excluding hydrogens is 779 g/mol. The van der Waals surface area contributed by atoms with Crippen LogP contribution in [0.3, 0.4) is 0 Å². The van der Waals surface area contributed by atoms with Gasteiger partial charge >= 0.3 is 17.9 Å². The second-order valence-electron chi connectivity index (χ2n) is 18.1. The van der Waals surface area contributed by atoms with Crippen molar-refractivity contribution in [2.45, 2.75) is 225 Å². The average molecular weight is 875 g/mol. The molecule has 0 aliphatic heterocycles. The van der Waals surface area contributed by atoms with Gasteiger partial charge in [0.15, 0.2) is 6.10 Å². The molecule has 0 spiro atoms. The molecule has 0 aliphatic rings. The van der Waals surface area contributed by atoms with Crippen molar-refractivity contribution in [3.8, 4) is 0 Å². The summed E-state index contributed by atoms with van der Waals surface area (Å²) in [5.74, 6) is -2.01. The maximum absolute atomic E-state index is 12.8. The molecule has 2 atom stereocenters. The Morgan fingerprint density at radius 3 is 1.37 bits per heavy atom. The number of likely N-dealkylation sites (N-methyl/N-ethyl adjacent to an activating group) is 1. The van der Waals surface area contributed by atoms with Crippen molar-refractivity contribution >= 4 is 17.9 Å². The number of esters is 2. The fourth-order valence-corrected chi connectivity index (χ4v) is 6.95. The summed E-state index contributed by atoms with van der Waals surface area (Å²) in [5, 5.41) is 9.66. The Hall–Kier alpha value is -2.75. The van der Waals surface area contributed by atoms with Gasteiger partial charge in [0.1, 0.15) is 13.2 Å². The molecule has 62 heavy (non-hydrogen) atoms. The van der Waals surface area contributed by atoms with E-state index in [1.54, 1.807) is 0 Å². The predicted molar refractivity (Wildman–Crippen MR) is 258 cm³/mol. The van der Waals surface area contributed by atoms with Crippen LogP contribution in [0.2, 0.25) is 0 Å². The second kappa shape index (κ2) is 44.8. The minimum atomic E-state index is -1.51. The van der Waals surface area contributed by atoms with Gasteiger partial charge in [-0.25, -0.2) is 4.79 Å². The number of aliphatic carboxylic acids is 1. The van der Waals surface area contributed by atoms with E-state index < -0.39 is 24.3 Å². The molecule has 0 rings (SSSR count). The summed E-state index contributed by atoms with van der Waals surface area (Å²) < 4.78 is 22.8. The lowest BCUT2D eigenvalue weighted by Crippen LogP contribution is -2.40. The first-order valence-electron chi connectivity index (χ1n) is 25.3. The summed E-state index contributed by atoms with van der Waals surface area (Å²) in [4.78, 5) is 37.2. The van der Waals surface area contributed by atoms with Crippen molar-refractivity contribution in [3.63, 3.8) is 0 Å². The molecule has 0 aromatic rings. The number of rotatable bonds is 46. The van der Waals surface area contributed by atoms with Crippen molar-refractivity contribution < 1.29 is 42.9 Å². The number of carbonyl (C=O) groups is 3. The van der Waals surface area contributed by atoms with E-state index in [9.17, 15) is 19.5 Å². The summed E-state index contributed by atoms with van der Waals surface area (Å²) in [6, 6.07) is 0. The number of hydrogen-bond donors (Lipinski definition) is 1. The number of carbonyl (C=O) groups excluding carboxylic acids is 2. The van der Waals surface area contributed by atoms with Crippen LogP contribution >= 0.6 is 0 Å². The van der Waals surface area contributed by atoms with Crippen LogP contribution in [-0.4, -0.2) is 87.4 Å². The Morgan fingerprint density at radius 2 is 0.919 bits per heavy atom. The van der Waals surface area contributed by atoms with Crippen LogP contribution in [0, 0.1) is 0 Å². The third-order valence-corrected chi connectivity index (χ3v) is 10.8. The minimum absolute atomic E-state index is 0.182. The highest BCUT2D eigenvalue weighted by Crippen LogP contribution is 2.15. The van der Waals surface area contributed by atoms with Crippen LogP contribution < -0.4 is 0 Å². The third-order valence-electron chi connectivity index (χ3n) is 10.8. The number of nitrogens with zero attached hydrogens (tertiary/aromatic N) is 1. The van der Waals surface area contributed by atoms with E-state index in [-0.39, 0.29) is 32.2 Å². The molecule has 9 heteroatoms. The Morgan fingerprint density at radius 1 is 0.500 bits per heavy atom. The molecule has 0 fully saturated rings. The van der Waals surface area contributed by atoms with Gasteiger partial charge in [-0.1, -0.05) is 197 Å². The first-order valence-corrected chi connectivity index (χ1v) is 25.3. The van der Waals surface area contributed by atoms with E-state index in [4.69, 9.17) is 18.9 Å². The number of carboxylic acid groups (broad SMARTS) is 1. The van der Waals surface area contributed by atoms with Crippen LogP contribution in [0.5, 0.6) is 0 Å². The van der Waals surface area contributed by atoms with Gasteiger partial charge < -0.3 is 28.5 Å². The molecular formula is C53H96NO8+. The largest absolute Gasteiger partial charge is 0.477 e. The summed E-state index contributed by atoms with van der Waals surface area (Å²) in [6.07, 6.45) is 50.2. The monoisotopic (exact) mass is 875 g/mol. The lowest BCUT2D eigenvalue weighted by atomic mass is 10.0. The first kappa shape index (κ1) is 59.2. The predicted octanol–water partition coefficient (Wildman–Crippen LogP) is 13.9. The van der Waals surface area contributed by atoms with Gasteiger partial charge in [-0.05, 0) is 51.4 Å². The fourth-order valence-electron chi connectivity index (χ4n) is 6.95. The van der Waals surface area contributed by atoms with Gasteiger partial charge in [0.05, 0.1) is 34.4 Å². The van der Waals surface area contributed by atoms with Crippen molar-refractivity contribution in [1.82, 2.24) is 0 Å². The number of carboxylic acids is 1. The van der Waals surface area contributed by atoms with Gasteiger partial charge in [0.2, 0.25) is 0 Å². The Balaban J connectivity index is 4.32. The van der Waals surface area contributed by atoms with Crippen LogP contribution in [0.15, 0.2) is 48.6 Å². The van der Waals surface area contributed by atoms with Crippen LogP contribution in [0.4, 0.5) is 0 Å². The van der Waals surface area contributed by atoms with Crippen molar-refractivity contribution in [1.29, 1.82) is 0 Å². The highest BCUT2D eigenvalue weighted by molar-refractivity contribution is 5.71. The zero-order chi connectivity index (χ0) is 45.6. The Bertz CT molecular complexity index is 1160. The normalized spacial score (nSPS) is 13.2. The maximum atomic E-state index is 12.8. The molecule has 0 saturated heterocycles. The zero-order valence-electron chi connectivity index (χ0n) is 40.8. The lowest BCUT2D eigenvalue weighted by Gasteiger charge is -2.25. The van der Waals surface area contributed by atoms with Gasteiger partial charge in [-0.3, -0.25) is 9.59 Å². The number of ether oxygens (including phenoxy) is 4. The van der Waals surface area contributed by atoms with Gasteiger partial charge in [0.25, 0.3) is 6.29 Å². The van der Waals surface area contributed by atoms with Crippen LogP contribution in [-0.2, 0) is 33.3 Å². The van der Waals surface area contributed by atoms with E-state index in [1.807, 2.05) is 21.1 Å². The van der Waals surface area contributed by atoms with Crippen LogP contribution in [0.25, 0.3) is 0 Å². The van der Waals surface area contributed by atoms with Gasteiger partial charge in [-0.2, -0.15) is 0 Å². The SMILES string of the molecule is CC/C=C\C/C=C\C/C=C\C/C=C\CCCCCCCCCCCCC(=O)OC(COC(=O)CCCCCCCCCCCCCCCC)COC(OCC[N+](C)(C)C)C(=O)O. The third kappa shape index (κ3) is 45.3. The Kier molecular flexibility index (Phi) is 42.9. The second-order valence-corrected chi connectivity index (χ2v) is 18.1. The minimum Gasteiger partial charge on any atom is -0.477 e. The molecule has 0 radical (unpaired) electrons. The Labute approximate surface area is 381 Å². The fraction of sp³-hybridized carbons (Fsp3) is 0.792. The molecule has 0 saturated carbocycles. The standard InChI is InChI=1S/C53H95NO8/c1-6-8-10-12-14-16-18-20-22-23-24-25-26-27-28-29-30-32-34-36-38-40-42-44-51(56)62-49(48-61-53(52(57)58)59-46-45-54(3,4)5)47-60-50(55)43-41-39-37-35-33-31-21-19-17-15-13-11-9-7-2/h8,10,14,16,20,22,24-25,49,53H,6-7,9,11-13,15,17-19,21,23,26-48H2,1-5H3/p+1/b10-8-,16-14-,22-20-,25-24-.